The van der Waals surface area contributed by atoms with Gasteiger partial charge >= 0.3 is 5.97 Å². The first-order chi connectivity index (χ1) is 9.24. The number of benzene rings is 2. The Morgan fingerprint density at radius 2 is 1.68 bits per heavy atom. The van der Waals surface area contributed by atoms with Crippen LogP contribution in [0.5, 0.6) is 0 Å². The summed E-state index contributed by atoms with van der Waals surface area (Å²) >= 11 is 0. The standard InChI is InChI=1S/C16H12O3/c1-2-19-16(18)13-9-5-8-11-10-6-3-4-7-12(10)15(17)14(11)13/h3-9H,2H2,1H3. The molecule has 1 aliphatic carbocycles. The molecule has 0 radical (unpaired) electrons. The van der Waals surface area contributed by atoms with Gasteiger partial charge in [-0.2, -0.15) is 0 Å². The van der Waals surface area contributed by atoms with Crippen LogP contribution in [0, 0.1) is 0 Å². The summed E-state index contributed by atoms with van der Waals surface area (Å²) in [6.45, 7) is 2.04. The minimum atomic E-state index is -0.444. The molecule has 0 aliphatic heterocycles. The molecule has 0 unspecified atom stereocenters. The first kappa shape index (κ1) is 11.7. The zero-order chi connectivity index (χ0) is 13.4. The van der Waals surface area contributed by atoms with Gasteiger partial charge in [-0.05, 0) is 24.1 Å². The SMILES string of the molecule is CCOC(=O)c1cccc2c1C(=O)c1ccccc1-2. The van der Waals surface area contributed by atoms with Gasteiger partial charge in [-0.15, -0.1) is 0 Å². The van der Waals surface area contributed by atoms with E-state index in [4.69, 9.17) is 4.74 Å². The monoisotopic (exact) mass is 252 g/mol. The van der Waals surface area contributed by atoms with Crippen molar-refractivity contribution >= 4 is 11.8 Å². The smallest absolute Gasteiger partial charge is 0.338 e. The van der Waals surface area contributed by atoms with Gasteiger partial charge in [0.1, 0.15) is 0 Å². The van der Waals surface area contributed by atoms with Gasteiger partial charge in [-0.1, -0.05) is 36.4 Å². The van der Waals surface area contributed by atoms with Crippen molar-refractivity contribution in [2.75, 3.05) is 6.61 Å². The molecule has 0 aromatic heterocycles. The van der Waals surface area contributed by atoms with E-state index in [1.54, 1.807) is 25.1 Å². The zero-order valence-electron chi connectivity index (χ0n) is 10.5. The molecule has 1 aliphatic rings. The molecule has 0 saturated heterocycles. The lowest BCUT2D eigenvalue weighted by Crippen LogP contribution is -2.10. The molecular weight excluding hydrogens is 240 g/mol. The van der Waals surface area contributed by atoms with Gasteiger partial charge in [0.25, 0.3) is 0 Å². The highest BCUT2D eigenvalue weighted by molar-refractivity contribution is 6.25. The minimum absolute atomic E-state index is 0.103. The van der Waals surface area contributed by atoms with Crippen LogP contribution in [0.1, 0.15) is 33.2 Å². The number of carbonyl (C=O) groups is 2. The Balaban J connectivity index is 2.21. The minimum Gasteiger partial charge on any atom is -0.462 e. The lowest BCUT2D eigenvalue weighted by molar-refractivity contribution is 0.0523. The topological polar surface area (TPSA) is 43.4 Å². The van der Waals surface area contributed by atoms with Crippen LogP contribution in [0.4, 0.5) is 0 Å². The van der Waals surface area contributed by atoms with E-state index in [1.165, 1.54) is 0 Å². The molecular formula is C16H12O3. The predicted molar refractivity (Wildman–Crippen MR) is 71.3 cm³/mol. The highest BCUT2D eigenvalue weighted by Gasteiger charge is 2.30. The number of carbonyl (C=O) groups excluding carboxylic acids is 2. The molecule has 0 fully saturated rings. The fourth-order valence-corrected chi connectivity index (χ4v) is 2.45. The van der Waals surface area contributed by atoms with Crippen LogP contribution >= 0.6 is 0 Å². The van der Waals surface area contributed by atoms with Crippen molar-refractivity contribution in [2.24, 2.45) is 0 Å². The maximum Gasteiger partial charge on any atom is 0.338 e. The number of hydrogen-bond donors (Lipinski definition) is 0. The molecule has 0 atom stereocenters. The summed E-state index contributed by atoms with van der Waals surface area (Å²) in [6, 6.07) is 12.7. The van der Waals surface area contributed by atoms with Crippen LogP contribution in [0.3, 0.4) is 0 Å². The fourth-order valence-electron chi connectivity index (χ4n) is 2.45. The third kappa shape index (κ3) is 1.66. The Kier molecular flexibility index (Phi) is 2.67. The molecule has 3 nitrogen and oxygen atoms in total. The van der Waals surface area contributed by atoms with Crippen LogP contribution in [-0.4, -0.2) is 18.4 Å². The van der Waals surface area contributed by atoms with Gasteiger partial charge in [-0.3, -0.25) is 4.79 Å². The van der Waals surface area contributed by atoms with Crippen molar-refractivity contribution < 1.29 is 14.3 Å². The van der Waals surface area contributed by atoms with Crippen molar-refractivity contribution in [3.63, 3.8) is 0 Å². The van der Waals surface area contributed by atoms with E-state index in [0.717, 1.165) is 11.1 Å². The van der Waals surface area contributed by atoms with E-state index in [2.05, 4.69) is 0 Å². The van der Waals surface area contributed by atoms with E-state index in [1.807, 2.05) is 24.3 Å². The molecule has 0 N–H and O–H groups in total. The third-order valence-corrected chi connectivity index (χ3v) is 3.25. The van der Waals surface area contributed by atoms with Crippen molar-refractivity contribution in [1.29, 1.82) is 0 Å². The summed E-state index contributed by atoms with van der Waals surface area (Å²) in [6.07, 6.45) is 0. The Morgan fingerprint density at radius 1 is 1.00 bits per heavy atom. The highest BCUT2D eigenvalue weighted by atomic mass is 16.5. The number of fused-ring (bicyclic) bond motifs is 3. The van der Waals surface area contributed by atoms with Crippen molar-refractivity contribution in [3.8, 4) is 11.1 Å². The maximum absolute atomic E-state index is 12.4. The largest absolute Gasteiger partial charge is 0.462 e. The lowest BCUT2D eigenvalue weighted by Gasteiger charge is -2.06. The lowest BCUT2D eigenvalue weighted by atomic mass is 10.0. The van der Waals surface area contributed by atoms with Crippen LogP contribution in [-0.2, 0) is 4.74 Å². The zero-order valence-corrected chi connectivity index (χ0v) is 10.5. The maximum atomic E-state index is 12.4. The van der Waals surface area contributed by atoms with Gasteiger partial charge in [-0.25, -0.2) is 4.79 Å². The Hall–Kier alpha value is -2.42. The molecule has 0 spiro atoms. The summed E-state index contributed by atoms with van der Waals surface area (Å²) in [7, 11) is 0. The number of esters is 1. The second-order valence-corrected chi connectivity index (χ2v) is 4.32. The van der Waals surface area contributed by atoms with E-state index in [9.17, 15) is 9.59 Å². The van der Waals surface area contributed by atoms with Gasteiger partial charge in [0.05, 0.1) is 12.2 Å². The summed E-state index contributed by atoms with van der Waals surface area (Å²) in [5, 5.41) is 0. The van der Waals surface area contributed by atoms with Crippen molar-refractivity contribution in [2.45, 2.75) is 6.92 Å². The number of hydrogen-bond acceptors (Lipinski definition) is 3. The fraction of sp³-hybridized carbons (Fsp3) is 0.125. The third-order valence-electron chi connectivity index (χ3n) is 3.25. The van der Waals surface area contributed by atoms with Gasteiger partial charge < -0.3 is 4.74 Å². The van der Waals surface area contributed by atoms with Crippen LogP contribution < -0.4 is 0 Å². The molecule has 2 aromatic rings. The molecule has 0 saturated carbocycles. The summed E-state index contributed by atoms with van der Waals surface area (Å²) in [4.78, 5) is 24.3. The summed E-state index contributed by atoms with van der Waals surface area (Å²) < 4.78 is 5.01. The highest BCUT2D eigenvalue weighted by Crippen LogP contribution is 2.38. The molecule has 3 heteroatoms. The Morgan fingerprint density at radius 3 is 2.42 bits per heavy atom. The Labute approximate surface area is 110 Å². The molecule has 19 heavy (non-hydrogen) atoms. The van der Waals surface area contributed by atoms with E-state index in [0.29, 0.717) is 23.3 Å². The van der Waals surface area contributed by atoms with E-state index in [-0.39, 0.29) is 5.78 Å². The Bertz CT molecular complexity index is 686. The summed E-state index contributed by atoms with van der Waals surface area (Å²) in [5.41, 5.74) is 3.15. The molecule has 0 bridgehead atoms. The first-order valence-corrected chi connectivity index (χ1v) is 6.18. The second kappa shape index (κ2) is 4.35. The van der Waals surface area contributed by atoms with E-state index >= 15 is 0 Å². The quantitative estimate of drug-likeness (QED) is 0.658. The van der Waals surface area contributed by atoms with E-state index < -0.39 is 5.97 Å². The first-order valence-electron chi connectivity index (χ1n) is 6.18. The van der Waals surface area contributed by atoms with Gasteiger partial charge in [0.2, 0.25) is 0 Å². The van der Waals surface area contributed by atoms with Crippen molar-refractivity contribution in [3.05, 3.63) is 59.2 Å². The van der Waals surface area contributed by atoms with Crippen LogP contribution in [0.15, 0.2) is 42.5 Å². The molecule has 3 rings (SSSR count). The summed E-state index contributed by atoms with van der Waals surface area (Å²) in [5.74, 6) is -0.547. The van der Waals surface area contributed by atoms with Crippen LogP contribution in [0.2, 0.25) is 0 Å². The average Bonchev–Trinajstić information content (AvgIpc) is 2.74. The normalized spacial score (nSPS) is 11.9. The average molecular weight is 252 g/mol. The van der Waals surface area contributed by atoms with Gasteiger partial charge in [0.15, 0.2) is 5.78 Å². The second-order valence-electron chi connectivity index (χ2n) is 4.32. The number of rotatable bonds is 2. The molecule has 0 amide bonds. The number of ether oxygens (including phenoxy) is 1. The number of ketones is 1. The molecule has 2 aromatic carbocycles. The van der Waals surface area contributed by atoms with Crippen molar-refractivity contribution in [1.82, 2.24) is 0 Å². The molecule has 94 valence electrons. The predicted octanol–water partition coefficient (Wildman–Crippen LogP) is 3.07. The van der Waals surface area contributed by atoms with Gasteiger partial charge in [0, 0.05) is 11.1 Å². The molecule has 0 heterocycles. The van der Waals surface area contributed by atoms with Crippen LogP contribution in [0.25, 0.3) is 11.1 Å².